The van der Waals surface area contributed by atoms with Gasteiger partial charge in [0, 0.05) is 20.3 Å². The second-order valence-electron chi connectivity index (χ2n) is 5.96. The molecule has 0 bridgehead atoms. The molecule has 132 valence electrons. The Morgan fingerprint density at radius 3 is 2.81 bits per heavy atom. The van der Waals surface area contributed by atoms with E-state index < -0.39 is 0 Å². The zero-order valence-corrected chi connectivity index (χ0v) is 16.9. The van der Waals surface area contributed by atoms with Gasteiger partial charge in [0.15, 0.2) is 5.82 Å². The van der Waals surface area contributed by atoms with E-state index in [2.05, 4.69) is 54.5 Å². The zero-order chi connectivity index (χ0) is 18.2. The molecular formula is C19H13IN6S. The Morgan fingerprint density at radius 2 is 1.89 bits per heavy atom. The average molecular weight is 484 g/mol. The number of rotatable bonds is 4. The van der Waals surface area contributed by atoms with E-state index in [1.807, 2.05) is 54.0 Å². The molecule has 3 N–H and O–H groups in total. The number of nitrogens with one attached hydrogen (secondary N) is 3. The third kappa shape index (κ3) is 3.33. The van der Waals surface area contributed by atoms with Gasteiger partial charge in [0.05, 0.1) is 21.9 Å². The zero-order valence-electron chi connectivity index (χ0n) is 13.9. The molecule has 0 fully saturated rings. The first kappa shape index (κ1) is 16.5. The van der Waals surface area contributed by atoms with Crippen LogP contribution >= 0.6 is 33.9 Å². The second-order valence-corrected chi connectivity index (χ2v) is 8.12. The van der Waals surface area contributed by atoms with Gasteiger partial charge in [-0.25, -0.2) is 4.98 Å². The molecule has 8 heteroatoms. The van der Waals surface area contributed by atoms with E-state index in [0.29, 0.717) is 5.95 Å². The Morgan fingerprint density at radius 1 is 0.963 bits per heavy atom. The Bertz CT molecular complexity index is 1260. The number of aromatic amines is 1. The summed E-state index contributed by atoms with van der Waals surface area (Å²) >= 11 is 3.91. The molecule has 0 unspecified atom stereocenters. The molecule has 0 aliphatic carbocycles. The number of hydrogen-bond acceptors (Lipinski definition) is 6. The fraction of sp³-hybridized carbons (Fsp3) is 0. The minimum Gasteiger partial charge on any atom is -0.339 e. The van der Waals surface area contributed by atoms with Crippen LogP contribution in [0, 0.1) is 3.57 Å². The van der Waals surface area contributed by atoms with Crippen molar-refractivity contribution in [2.24, 2.45) is 0 Å². The fourth-order valence-electron chi connectivity index (χ4n) is 2.86. The van der Waals surface area contributed by atoms with E-state index in [1.165, 1.54) is 0 Å². The van der Waals surface area contributed by atoms with Crippen LogP contribution in [0.5, 0.6) is 0 Å². The maximum atomic E-state index is 4.71. The quantitative estimate of drug-likeness (QED) is 0.287. The smallest absolute Gasteiger partial charge is 0.229 e. The summed E-state index contributed by atoms with van der Waals surface area (Å²) in [6.07, 6.45) is 1.81. The summed E-state index contributed by atoms with van der Waals surface area (Å²) in [5.41, 5.74) is 3.83. The maximum absolute atomic E-state index is 4.71. The highest BCUT2D eigenvalue weighted by molar-refractivity contribution is 14.1. The standard InChI is InChI=1S/C19H13IN6S/c20-12-2-1-3-13(9-12)23-19-24-16-6-7-27-17(16)18(25-19)22-14-4-5-15-11(8-14)10-21-26-15/h1-10H,(H,21,26)(H2,22,23,24,25). The lowest BCUT2D eigenvalue weighted by atomic mass is 10.2. The van der Waals surface area contributed by atoms with Crippen LogP contribution in [0.15, 0.2) is 60.1 Å². The third-order valence-corrected chi connectivity index (χ3v) is 5.67. The van der Waals surface area contributed by atoms with E-state index in [0.717, 1.165) is 41.9 Å². The largest absolute Gasteiger partial charge is 0.339 e. The predicted molar refractivity (Wildman–Crippen MR) is 119 cm³/mol. The second kappa shape index (κ2) is 6.78. The van der Waals surface area contributed by atoms with Gasteiger partial charge in [-0.05, 0) is 70.4 Å². The van der Waals surface area contributed by atoms with Gasteiger partial charge in [0.2, 0.25) is 5.95 Å². The van der Waals surface area contributed by atoms with Crippen molar-refractivity contribution in [2.45, 2.75) is 0 Å². The highest BCUT2D eigenvalue weighted by atomic mass is 127. The van der Waals surface area contributed by atoms with Gasteiger partial charge in [-0.2, -0.15) is 10.1 Å². The van der Waals surface area contributed by atoms with Crippen molar-refractivity contribution in [3.8, 4) is 0 Å². The van der Waals surface area contributed by atoms with Gasteiger partial charge in [0.1, 0.15) is 0 Å². The van der Waals surface area contributed by atoms with Gasteiger partial charge in [-0.3, -0.25) is 5.10 Å². The normalized spacial score (nSPS) is 11.1. The molecule has 27 heavy (non-hydrogen) atoms. The third-order valence-electron chi connectivity index (χ3n) is 4.09. The van der Waals surface area contributed by atoms with Crippen LogP contribution in [-0.2, 0) is 0 Å². The Hall–Kier alpha value is -2.72. The molecule has 0 radical (unpaired) electrons. The van der Waals surface area contributed by atoms with Crippen LogP contribution in [-0.4, -0.2) is 20.2 Å². The van der Waals surface area contributed by atoms with Gasteiger partial charge < -0.3 is 10.6 Å². The summed E-state index contributed by atoms with van der Waals surface area (Å²) in [6, 6.07) is 16.2. The molecule has 0 saturated carbocycles. The van der Waals surface area contributed by atoms with E-state index in [4.69, 9.17) is 4.98 Å². The number of benzene rings is 2. The molecule has 6 nitrogen and oxygen atoms in total. The minimum atomic E-state index is 0.565. The van der Waals surface area contributed by atoms with E-state index in [-0.39, 0.29) is 0 Å². The number of fused-ring (bicyclic) bond motifs is 2. The fourth-order valence-corrected chi connectivity index (χ4v) is 4.18. The molecule has 0 aliphatic rings. The first-order chi connectivity index (χ1) is 13.2. The molecule has 3 heterocycles. The Balaban J connectivity index is 1.53. The molecular weight excluding hydrogens is 471 g/mol. The first-order valence-electron chi connectivity index (χ1n) is 8.23. The van der Waals surface area contributed by atoms with E-state index in [1.54, 1.807) is 11.3 Å². The summed E-state index contributed by atoms with van der Waals surface area (Å²) in [5.74, 6) is 1.35. The number of nitrogens with zero attached hydrogens (tertiary/aromatic N) is 3. The van der Waals surface area contributed by atoms with E-state index in [9.17, 15) is 0 Å². The minimum absolute atomic E-state index is 0.565. The summed E-state index contributed by atoms with van der Waals surface area (Å²) in [6.45, 7) is 0. The molecule has 3 aromatic heterocycles. The Kier molecular flexibility index (Phi) is 4.13. The molecule has 0 spiro atoms. The van der Waals surface area contributed by atoms with Crippen molar-refractivity contribution >= 4 is 78.2 Å². The highest BCUT2D eigenvalue weighted by Gasteiger charge is 2.10. The summed E-state index contributed by atoms with van der Waals surface area (Å²) in [5, 5.41) is 16.8. The van der Waals surface area contributed by atoms with Gasteiger partial charge in [-0.15, -0.1) is 11.3 Å². The number of aromatic nitrogens is 4. The molecule has 5 rings (SSSR count). The number of hydrogen-bond donors (Lipinski definition) is 3. The van der Waals surface area contributed by atoms with Crippen LogP contribution in [0.25, 0.3) is 21.1 Å². The van der Waals surface area contributed by atoms with Crippen molar-refractivity contribution in [1.82, 2.24) is 20.2 Å². The lowest BCUT2D eigenvalue weighted by Crippen LogP contribution is -2.01. The van der Waals surface area contributed by atoms with Crippen LogP contribution in [0.4, 0.5) is 23.1 Å². The first-order valence-corrected chi connectivity index (χ1v) is 10.2. The molecule has 0 saturated heterocycles. The van der Waals surface area contributed by atoms with Crippen LogP contribution in [0.3, 0.4) is 0 Å². The summed E-state index contributed by atoms with van der Waals surface area (Å²) in [7, 11) is 0. The lowest BCUT2D eigenvalue weighted by Gasteiger charge is -2.10. The SMILES string of the molecule is Ic1cccc(Nc2nc(Nc3ccc4[nH]ncc4c3)c3sccc3n2)c1. The van der Waals surface area contributed by atoms with Gasteiger partial charge >= 0.3 is 0 Å². The van der Waals surface area contributed by atoms with Crippen LogP contribution in [0.1, 0.15) is 0 Å². The maximum Gasteiger partial charge on any atom is 0.229 e. The molecule has 0 atom stereocenters. The molecule has 0 amide bonds. The highest BCUT2D eigenvalue weighted by Crippen LogP contribution is 2.31. The van der Waals surface area contributed by atoms with E-state index >= 15 is 0 Å². The number of halogens is 1. The van der Waals surface area contributed by atoms with Crippen molar-refractivity contribution < 1.29 is 0 Å². The van der Waals surface area contributed by atoms with Gasteiger partial charge in [-0.1, -0.05) is 6.07 Å². The Labute approximate surface area is 172 Å². The van der Waals surface area contributed by atoms with Crippen molar-refractivity contribution in [1.29, 1.82) is 0 Å². The monoisotopic (exact) mass is 484 g/mol. The van der Waals surface area contributed by atoms with Crippen molar-refractivity contribution in [3.63, 3.8) is 0 Å². The number of anilines is 4. The molecule has 0 aliphatic heterocycles. The van der Waals surface area contributed by atoms with Crippen molar-refractivity contribution in [2.75, 3.05) is 10.6 Å². The van der Waals surface area contributed by atoms with Crippen molar-refractivity contribution in [3.05, 3.63) is 63.7 Å². The average Bonchev–Trinajstić information content (AvgIpc) is 3.30. The molecule has 5 aromatic rings. The summed E-state index contributed by atoms with van der Waals surface area (Å²) < 4.78 is 2.18. The predicted octanol–water partition coefficient (Wildman–Crippen LogP) is 5.66. The lowest BCUT2D eigenvalue weighted by molar-refractivity contribution is 1.12. The van der Waals surface area contributed by atoms with Crippen LogP contribution < -0.4 is 10.6 Å². The number of H-pyrrole nitrogens is 1. The molecule has 2 aromatic carbocycles. The summed E-state index contributed by atoms with van der Waals surface area (Å²) in [4.78, 5) is 9.35. The number of thiophene rings is 1. The van der Waals surface area contributed by atoms with Gasteiger partial charge in [0.25, 0.3) is 0 Å². The van der Waals surface area contributed by atoms with Crippen LogP contribution in [0.2, 0.25) is 0 Å². The topological polar surface area (TPSA) is 78.5 Å².